The summed E-state index contributed by atoms with van der Waals surface area (Å²) >= 11 is 1.60. The van der Waals surface area contributed by atoms with Crippen LogP contribution < -0.4 is 4.74 Å². The zero-order valence-corrected chi connectivity index (χ0v) is 16.8. The molecule has 0 aliphatic heterocycles. The number of thioether (sulfide) groups is 1. The molecule has 152 valence electrons. The Hall–Kier alpha value is -3.06. The SMILES string of the molecule is COc1cc(C(F)(F)F)ccc1-c1ccnc2cc(SCc3ccccc3)ncc12. The highest BCUT2D eigenvalue weighted by atomic mass is 32.2. The molecule has 2 aromatic carbocycles. The van der Waals surface area contributed by atoms with Crippen molar-refractivity contribution in [1.82, 2.24) is 9.97 Å². The van der Waals surface area contributed by atoms with Crippen LogP contribution in [0.15, 0.2) is 78.1 Å². The van der Waals surface area contributed by atoms with E-state index in [1.54, 1.807) is 30.2 Å². The van der Waals surface area contributed by atoms with Gasteiger partial charge in [0.15, 0.2) is 0 Å². The van der Waals surface area contributed by atoms with Crippen LogP contribution in [-0.4, -0.2) is 17.1 Å². The normalized spacial score (nSPS) is 11.6. The van der Waals surface area contributed by atoms with Gasteiger partial charge in [0.05, 0.1) is 23.2 Å². The predicted molar refractivity (Wildman–Crippen MR) is 113 cm³/mol. The van der Waals surface area contributed by atoms with Crippen LogP contribution in [0.25, 0.3) is 22.0 Å². The van der Waals surface area contributed by atoms with Crippen LogP contribution in [0.2, 0.25) is 0 Å². The first-order chi connectivity index (χ1) is 14.5. The van der Waals surface area contributed by atoms with Crippen molar-refractivity contribution in [1.29, 1.82) is 0 Å². The van der Waals surface area contributed by atoms with Gasteiger partial charge in [0.25, 0.3) is 0 Å². The third-order valence-electron chi connectivity index (χ3n) is 4.65. The summed E-state index contributed by atoms with van der Waals surface area (Å²) in [7, 11) is 1.36. The number of nitrogens with zero attached hydrogens (tertiary/aromatic N) is 2. The molecule has 3 nitrogen and oxygen atoms in total. The monoisotopic (exact) mass is 426 g/mol. The molecule has 0 unspecified atom stereocenters. The van der Waals surface area contributed by atoms with Crippen molar-refractivity contribution in [2.24, 2.45) is 0 Å². The van der Waals surface area contributed by atoms with E-state index in [0.29, 0.717) is 5.56 Å². The molecule has 2 aromatic heterocycles. The molecule has 0 aliphatic rings. The largest absolute Gasteiger partial charge is 0.496 e. The summed E-state index contributed by atoms with van der Waals surface area (Å²) in [5, 5.41) is 1.58. The lowest BCUT2D eigenvalue weighted by molar-refractivity contribution is -0.137. The summed E-state index contributed by atoms with van der Waals surface area (Å²) in [5.74, 6) is 0.936. The van der Waals surface area contributed by atoms with Crippen molar-refractivity contribution >= 4 is 22.7 Å². The molecular formula is C23H17F3N2OS. The van der Waals surface area contributed by atoms with E-state index < -0.39 is 11.7 Å². The molecule has 0 amide bonds. The van der Waals surface area contributed by atoms with Gasteiger partial charge >= 0.3 is 6.18 Å². The lowest BCUT2D eigenvalue weighted by Crippen LogP contribution is -2.05. The van der Waals surface area contributed by atoms with Crippen molar-refractivity contribution in [3.05, 3.63) is 84.2 Å². The molecule has 4 aromatic rings. The topological polar surface area (TPSA) is 35.0 Å². The summed E-state index contributed by atoms with van der Waals surface area (Å²) in [5.41, 5.74) is 2.45. The van der Waals surface area contributed by atoms with Crippen molar-refractivity contribution in [2.45, 2.75) is 17.0 Å². The molecule has 0 aliphatic carbocycles. The number of pyridine rings is 2. The second-order valence-electron chi connectivity index (χ2n) is 6.59. The minimum absolute atomic E-state index is 0.153. The first-order valence-electron chi connectivity index (χ1n) is 9.13. The van der Waals surface area contributed by atoms with Gasteiger partial charge in [-0.3, -0.25) is 4.98 Å². The summed E-state index contributed by atoms with van der Waals surface area (Å²) in [4.78, 5) is 8.94. The van der Waals surface area contributed by atoms with Crippen molar-refractivity contribution < 1.29 is 17.9 Å². The number of hydrogen-bond donors (Lipinski definition) is 0. The third-order valence-corrected chi connectivity index (χ3v) is 5.65. The number of methoxy groups -OCH3 is 1. The number of halogens is 3. The minimum Gasteiger partial charge on any atom is -0.496 e. The maximum Gasteiger partial charge on any atom is 0.416 e. The predicted octanol–water partition coefficient (Wildman–Crippen LogP) is 6.62. The van der Waals surface area contributed by atoms with Crippen LogP contribution in [-0.2, 0) is 11.9 Å². The molecule has 0 atom stereocenters. The quantitative estimate of drug-likeness (QED) is 0.336. The van der Waals surface area contributed by atoms with E-state index in [1.165, 1.54) is 18.7 Å². The fourth-order valence-corrected chi connectivity index (χ4v) is 3.99. The van der Waals surface area contributed by atoms with E-state index in [-0.39, 0.29) is 5.75 Å². The molecule has 0 saturated carbocycles. The highest BCUT2D eigenvalue weighted by Crippen LogP contribution is 2.39. The minimum atomic E-state index is -4.43. The van der Waals surface area contributed by atoms with E-state index >= 15 is 0 Å². The van der Waals surface area contributed by atoms with E-state index in [1.807, 2.05) is 24.3 Å². The Morgan fingerprint density at radius 1 is 0.933 bits per heavy atom. The van der Waals surface area contributed by atoms with Crippen LogP contribution in [0.4, 0.5) is 13.2 Å². The average Bonchev–Trinajstić information content (AvgIpc) is 2.76. The highest BCUT2D eigenvalue weighted by molar-refractivity contribution is 7.98. The lowest BCUT2D eigenvalue weighted by atomic mass is 10.00. The summed E-state index contributed by atoms with van der Waals surface area (Å²) in [6.45, 7) is 0. The van der Waals surface area contributed by atoms with Gasteiger partial charge in [-0.15, -0.1) is 11.8 Å². The number of alkyl halides is 3. The van der Waals surface area contributed by atoms with Gasteiger partial charge in [-0.1, -0.05) is 36.4 Å². The molecule has 0 radical (unpaired) electrons. The van der Waals surface area contributed by atoms with Gasteiger partial charge < -0.3 is 4.74 Å². The maximum atomic E-state index is 13.1. The van der Waals surface area contributed by atoms with Crippen molar-refractivity contribution in [3.8, 4) is 16.9 Å². The van der Waals surface area contributed by atoms with Gasteiger partial charge in [0, 0.05) is 29.1 Å². The molecule has 7 heteroatoms. The first kappa shape index (κ1) is 20.2. The lowest BCUT2D eigenvalue weighted by Gasteiger charge is -2.14. The maximum absolute atomic E-state index is 13.1. The van der Waals surface area contributed by atoms with Crippen LogP contribution in [0.3, 0.4) is 0 Å². The molecule has 0 spiro atoms. The molecule has 30 heavy (non-hydrogen) atoms. The van der Waals surface area contributed by atoms with Gasteiger partial charge in [0.1, 0.15) is 5.75 Å². The number of aromatic nitrogens is 2. The zero-order valence-electron chi connectivity index (χ0n) is 16.0. The smallest absolute Gasteiger partial charge is 0.416 e. The molecule has 4 rings (SSSR count). The Balaban J connectivity index is 1.69. The van der Waals surface area contributed by atoms with Gasteiger partial charge in [-0.05, 0) is 35.4 Å². The van der Waals surface area contributed by atoms with E-state index in [9.17, 15) is 13.2 Å². The zero-order chi connectivity index (χ0) is 21.1. The van der Waals surface area contributed by atoms with E-state index in [2.05, 4.69) is 22.1 Å². The molecule has 2 heterocycles. The Morgan fingerprint density at radius 3 is 2.47 bits per heavy atom. The molecule has 0 fully saturated rings. The van der Waals surface area contributed by atoms with E-state index in [4.69, 9.17) is 4.74 Å². The van der Waals surface area contributed by atoms with E-state index in [0.717, 1.165) is 39.4 Å². The number of ether oxygens (including phenoxy) is 1. The molecule has 0 N–H and O–H groups in total. The molecule has 0 bridgehead atoms. The van der Waals surface area contributed by atoms with Gasteiger partial charge in [-0.25, -0.2) is 4.98 Å². The van der Waals surface area contributed by atoms with Gasteiger partial charge in [0.2, 0.25) is 0 Å². The number of hydrogen-bond acceptors (Lipinski definition) is 4. The molecular weight excluding hydrogens is 409 g/mol. The van der Waals surface area contributed by atoms with Crippen LogP contribution >= 0.6 is 11.8 Å². The number of rotatable bonds is 5. The summed E-state index contributed by atoms with van der Waals surface area (Å²) in [6.07, 6.45) is -1.08. The van der Waals surface area contributed by atoms with Crippen LogP contribution in [0.5, 0.6) is 5.75 Å². The number of benzene rings is 2. The Morgan fingerprint density at radius 2 is 1.73 bits per heavy atom. The highest BCUT2D eigenvalue weighted by Gasteiger charge is 2.31. The second-order valence-corrected chi connectivity index (χ2v) is 7.58. The Bertz CT molecular complexity index is 1180. The third kappa shape index (κ3) is 4.26. The number of fused-ring (bicyclic) bond motifs is 1. The summed E-state index contributed by atoms with van der Waals surface area (Å²) < 4.78 is 44.4. The van der Waals surface area contributed by atoms with Crippen LogP contribution in [0, 0.1) is 0 Å². The Kier molecular flexibility index (Phi) is 5.63. The fraction of sp³-hybridized carbons (Fsp3) is 0.130. The fourth-order valence-electron chi connectivity index (χ4n) is 3.16. The Labute approximate surface area is 175 Å². The molecule has 0 saturated heterocycles. The standard InChI is InChI=1S/C23H17F3N2OS/c1-29-21-11-16(23(24,25)26)7-8-18(21)17-9-10-27-20-12-22(28-13-19(17)20)30-14-15-5-3-2-4-6-15/h2-13H,14H2,1H3. The average molecular weight is 426 g/mol. The summed E-state index contributed by atoms with van der Waals surface area (Å²) in [6, 6.07) is 17.2. The van der Waals surface area contributed by atoms with Crippen LogP contribution in [0.1, 0.15) is 11.1 Å². The second kappa shape index (κ2) is 8.36. The van der Waals surface area contributed by atoms with Crippen molar-refractivity contribution in [2.75, 3.05) is 7.11 Å². The first-order valence-corrected chi connectivity index (χ1v) is 10.1. The van der Waals surface area contributed by atoms with Gasteiger partial charge in [-0.2, -0.15) is 13.2 Å². The van der Waals surface area contributed by atoms with Crippen molar-refractivity contribution in [3.63, 3.8) is 0 Å².